The molecule has 0 fully saturated rings. The van der Waals surface area contributed by atoms with Gasteiger partial charge in [-0.3, -0.25) is 4.90 Å². The van der Waals surface area contributed by atoms with E-state index in [4.69, 9.17) is 5.73 Å². The number of nitrogen functional groups attached to an aromatic ring is 1. The van der Waals surface area contributed by atoms with Gasteiger partial charge in [0.2, 0.25) is 0 Å². The monoisotopic (exact) mass is 252 g/mol. The molecule has 3 heteroatoms. The van der Waals surface area contributed by atoms with Gasteiger partial charge in [0.15, 0.2) is 0 Å². The molecule has 0 heterocycles. The van der Waals surface area contributed by atoms with Crippen LogP contribution >= 0.6 is 0 Å². The minimum atomic E-state index is -0.195. The Labute approximate surface area is 110 Å². The fourth-order valence-corrected chi connectivity index (χ4v) is 2.02. The molecule has 102 valence electrons. The fraction of sp³-hybridized carbons (Fsp3) is 0.600. The molecular formula is C15H25FN2. The zero-order valence-corrected chi connectivity index (χ0v) is 11.7. The molecule has 1 atom stereocenters. The maximum Gasteiger partial charge on any atom is 0.129 e. The zero-order chi connectivity index (χ0) is 13.5. The minimum absolute atomic E-state index is 0.195. The summed E-state index contributed by atoms with van der Waals surface area (Å²) in [6.07, 6.45) is 3.36. The molecule has 1 aromatic rings. The van der Waals surface area contributed by atoms with Gasteiger partial charge >= 0.3 is 0 Å². The van der Waals surface area contributed by atoms with Crippen molar-refractivity contribution < 1.29 is 4.39 Å². The lowest BCUT2D eigenvalue weighted by atomic mass is 10.1. The number of nitrogens with zero attached hydrogens (tertiary/aromatic N) is 1. The van der Waals surface area contributed by atoms with Crippen LogP contribution in [0.3, 0.4) is 0 Å². The van der Waals surface area contributed by atoms with E-state index in [-0.39, 0.29) is 5.82 Å². The fourth-order valence-electron chi connectivity index (χ4n) is 2.02. The lowest BCUT2D eigenvalue weighted by molar-refractivity contribution is 0.190. The van der Waals surface area contributed by atoms with Gasteiger partial charge in [0.05, 0.1) is 0 Å². The van der Waals surface area contributed by atoms with Crippen LogP contribution < -0.4 is 5.73 Å². The predicted octanol–water partition coefficient (Wildman–Crippen LogP) is 3.81. The number of hydrogen-bond donors (Lipinski definition) is 1. The van der Waals surface area contributed by atoms with Gasteiger partial charge in [0.25, 0.3) is 0 Å². The highest BCUT2D eigenvalue weighted by Gasteiger charge is 2.15. The van der Waals surface area contributed by atoms with E-state index in [0.29, 0.717) is 23.8 Å². The molecule has 0 radical (unpaired) electrons. The minimum Gasteiger partial charge on any atom is -0.398 e. The van der Waals surface area contributed by atoms with Gasteiger partial charge in [-0.25, -0.2) is 4.39 Å². The SMILES string of the molecule is CCCCN(Cc1c(N)cccc1F)C(C)CC. The van der Waals surface area contributed by atoms with Crippen molar-refractivity contribution in [3.63, 3.8) is 0 Å². The zero-order valence-electron chi connectivity index (χ0n) is 11.7. The summed E-state index contributed by atoms with van der Waals surface area (Å²) < 4.78 is 13.8. The first kappa shape index (κ1) is 15.0. The summed E-state index contributed by atoms with van der Waals surface area (Å²) in [6, 6.07) is 5.37. The van der Waals surface area contributed by atoms with Gasteiger partial charge in [-0.1, -0.05) is 26.3 Å². The standard InChI is InChI=1S/C15H25FN2/c1-4-6-10-18(12(3)5-2)11-13-14(16)8-7-9-15(13)17/h7-9,12H,4-6,10-11,17H2,1-3H3. The summed E-state index contributed by atoms with van der Waals surface area (Å²) in [4.78, 5) is 2.32. The van der Waals surface area contributed by atoms with E-state index in [2.05, 4.69) is 25.7 Å². The lowest BCUT2D eigenvalue weighted by Crippen LogP contribution is -2.33. The number of rotatable bonds is 7. The van der Waals surface area contributed by atoms with E-state index in [1.54, 1.807) is 12.1 Å². The van der Waals surface area contributed by atoms with Gasteiger partial charge in [-0.05, 0) is 38.4 Å². The largest absolute Gasteiger partial charge is 0.398 e. The van der Waals surface area contributed by atoms with Crippen LogP contribution in [0.5, 0.6) is 0 Å². The van der Waals surface area contributed by atoms with Gasteiger partial charge < -0.3 is 5.73 Å². The summed E-state index contributed by atoms with van der Waals surface area (Å²) >= 11 is 0. The highest BCUT2D eigenvalue weighted by Crippen LogP contribution is 2.20. The third kappa shape index (κ3) is 3.98. The van der Waals surface area contributed by atoms with Crippen molar-refractivity contribution in [1.29, 1.82) is 0 Å². The van der Waals surface area contributed by atoms with Crippen LogP contribution in [0.15, 0.2) is 18.2 Å². The maximum absolute atomic E-state index is 13.8. The Morgan fingerprint density at radius 2 is 2.06 bits per heavy atom. The van der Waals surface area contributed by atoms with Crippen LogP contribution in [0.25, 0.3) is 0 Å². The van der Waals surface area contributed by atoms with E-state index in [1.165, 1.54) is 6.07 Å². The Morgan fingerprint density at radius 3 is 2.61 bits per heavy atom. The van der Waals surface area contributed by atoms with Gasteiger partial charge in [0, 0.05) is 23.8 Å². The molecule has 0 amide bonds. The summed E-state index contributed by atoms with van der Waals surface area (Å²) in [7, 11) is 0. The van der Waals surface area contributed by atoms with E-state index >= 15 is 0 Å². The lowest BCUT2D eigenvalue weighted by Gasteiger charge is -2.29. The van der Waals surface area contributed by atoms with Crippen molar-refractivity contribution in [2.24, 2.45) is 0 Å². The Kier molecular flexibility index (Phi) is 6.13. The highest BCUT2D eigenvalue weighted by molar-refractivity contribution is 5.47. The molecule has 0 aliphatic heterocycles. The second kappa shape index (κ2) is 7.37. The van der Waals surface area contributed by atoms with Gasteiger partial charge in [0.1, 0.15) is 5.82 Å². The predicted molar refractivity (Wildman–Crippen MR) is 75.9 cm³/mol. The first-order chi connectivity index (χ1) is 8.60. The average molecular weight is 252 g/mol. The highest BCUT2D eigenvalue weighted by atomic mass is 19.1. The molecule has 1 unspecified atom stereocenters. The molecule has 0 aliphatic rings. The van der Waals surface area contributed by atoms with Crippen LogP contribution in [-0.4, -0.2) is 17.5 Å². The van der Waals surface area contributed by atoms with E-state index < -0.39 is 0 Å². The molecule has 0 saturated carbocycles. The third-order valence-electron chi connectivity index (χ3n) is 3.53. The molecule has 0 aromatic heterocycles. The summed E-state index contributed by atoms with van der Waals surface area (Å²) in [5, 5.41) is 0. The topological polar surface area (TPSA) is 29.3 Å². The molecule has 0 spiro atoms. The van der Waals surface area contributed by atoms with Crippen molar-refractivity contribution in [2.45, 2.75) is 52.6 Å². The Morgan fingerprint density at radius 1 is 1.33 bits per heavy atom. The molecule has 0 bridgehead atoms. The van der Waals surface area contributed by atoms with Crippen LogP contribution in [-0.2, 0) is 6.54 Å². The van der Waals surface area contributed by atoms with E-state index in [0.717, 1.165) is 25.8 Å². The number of anilines is 1. The number of halogens is 1. The van der Waals surface area contributed by atoms with Gasteiger partial charge in [-0.2, -0.15) is 0 Å². The molecule has 2 nitrogen and oxygen atoms in total. The summed E-state index contributed by atoms with van der Waals surface area (Å²) in [5.74, 6) is -0.195. The second-order valence-corrected chi connectivity index (χ2v) is 4.89. The van der Waals surface area contributed by atoms with Crippen LogP contribution in [0, 0.1) is 5.82 Å². The summed E-state index contributed by atoms with van der Waals surface area (Å²) in [6.45, 7) is 8.13. The normalized spacial score (nSPS) is 12.9. The molecule has 0 aliphatic carbocycles. The smallest absolute Gasteiger partial charge is 0.129 e. The van der Waals surface area contributed by atoms with Crippen molar-refractivity contribution >= 4 is 5.69 Å². The molecule has 1 rings (SSSR count). The number of benzene rings is 1. The first-order valence-corrected chi connectivity index (χ1v) is 6.87. The maximum atomic E-state index is 13.8. The average Bonchev–Trinajstić information content (AvgIpc) is 2.36. The van der Waals surface area contributed by atoms with Crippen molar-refractivity contribution in [3.05, 3.63) is 29.6 Å². The number of unbranched alkanes of at least 4 members (excludes halogenated alkanes) is 1. The molecular weight excluding hydrogens is 227 g/mol. The molecule has 18 heavy (non-hydrogen) atoms. The van der Waals surface area contributed by atoms with Gasteiger partial charge in [-0.15, -0.1) is 0 Å². The molecule has 0 saturated heterocycles. The van der Waals surface area contributed by atoms with Crippen LogP contribution in [0.2, 0.25) is 0 Å². The molecule has 1 aromatic carbocycles. The second-order valence-electron chi connectivity index (χ2n) is 4.89. The van der Waals surface area contributed by atoms with Crippen LogP contribution in [0.1, 0.15) is 45.6 Å². The van der Waals surface area contributed by atoms with E-state index in [1.807, 2.05) is 0 Å². The Balaban J connectivity index is 2.81. The molecule has 2 N–H and O–H groups in total. The first-order valence-electron chi connectivity index (χ1n) is 6.87. The quantitative estimate of drug-likeness (QED) is 0.748. The Bertz CT molecular complexity index is 345. The van der Waals surface area contributed by atoms with Crippen molar-refractivity contribution in [1.82, 2.24) is 4.90 Å². The Hall–Kier alpha value is -1.09. The van der Waals surface area contributed by atoms with E-state index in [9.17, 15) is 4.39 Å². The van der Waals surface area contributed by atoms with Crippen molar-refractivity contribution in [2.75, 3.05) is 12.3 Å². The third-order valence-corrected chi connectivity index (χ3v) is 3.53. The number of hydrogen-bond acceptors (Lipinski definition) is 2. The van der Waals surface area contributed by atoms with Crippen molar-refractivity contribution in [3.8, 4) is 0 Å². The number of nitrogens with two attached hydrogens (primary N) is 1. The summed E-state index contributed by atoms with van der Waals surface area (Å²) in [5.41, 5.74) is 7.06. The van der Waals surface area contributed by atoms with Crippen LogP contribution in [0.4, 0.5) is 10.1 Å².